The van der Waals surface area contributed by atoms with Gasteiger partial charge in [0.2, 0.25) is 0 Å². The van der Waals surface area contributed by atoms with Crippen molar-refractivity contribution in [3.63, 3.8) is 0 Å². The summed E-state index contributed by atoms with van der Waals surface area (Å²) in [6.45, 7) is 0. The first-order valence-electron chi connectivity index (χ1n) is 4.35. The number of hydrogen-bond donors (Lipinski definition) is 2. The molecule has 14 heavy (non-hydrogen) atoms. The maximum Gasteiger partial charge on any atom is 0.416 e. The minimum absolute atomic E-state index is 0.291. The lowest BCUT2D eigenvalue weighted by Gasteiger charge is -2.00. The van der Waals surface area contributed by atoms with Crippen molar-refractivity contribution >= 4 is 22.6 Å². The Kier molecular flexibility index (Phi) is 1.98. The lowest BCUT2D eigenvalue weighted by Crippen LogP contribution is -2.59. The summed E-state index contributed by atoms with van der Waals surface area (Å²) in [5.74, 6) is 0. The number of urea groups is 1. The summed E-state index contributed by atoms with van der Waals surface area (Å²) >= 11 is 0. The minimum Gasteiger partial charge on any atom is -0.351 e. The van der Waals surface area contributed by atoms with Crippen LogP contribution in [-0.2, 0) is 7.05 Å². The van der Waals surface area contributed by atoms with Gasteiger partial charge in [0.1, 0.15) is 0 Å². The smallest absolute Gasteiger partial charge is 0.351 e. The highest BCUT2D eigenvalue weighted by Crippen LogP contribution is 2.19. The number of aryl methyl sites for hydroxylation is 1. The quantitative estimate of drug-likeness (QED) is 0.691. The molecule has 1 heterocycles. The van der Waals surface area contributed by atoms with Gasteiger partial charge in [0.25, 0.3) is 0 Å². The van der Waals surface area contributed by atoms with Crippen LogP contribution in [0.15, 0.2) is 30.5 Å². The summed E-state index contributed by atoms with van der Waals surface area (Å²) in [4.78, 5) is 10.7. The van der Waals surface area contributed by atoms with Crippen LogP contribution in [-0.4, -0.2) is 10.6 Å². The normalized spacial score (nSPS) is 10.4. The topological polar surface area (TPSA) is 61.7 Å². The minimum atomic E-state index is -0.291. The number of benzene rings is 1. The van der Waals surface area contributed by atoms with Crippen molar-refractivity contribution < 1.29 is 10.5 Å². The molecular formula is C10H12N3O+. The van der Waals surface area contributed by atoms with E-state index < -0.39 is 0 Å². The molecule has 0 bridgehead atoms. The molecule has 4 N–H and O–H groups in total. The Hall–Kier alpha value is -1.81. The maximum atomic E-state index is 10.7. The molecule has 2 aromatic rings. The summed E-state index contributed by atoms with van der Waals surface area (Å²) in [5, 5.41) is 3.76. The van der Waals surface area contributed by atoms with Crippen LogP contribution >= 0.6 is 0 Å². The Morgan fingerprint density at radius 1 is 1.43 bits per heavy atom. The summed E-state index contributed by atoms with van der Waals surface area (Å²) in [6.07, 6.45) is 1.99. The predicted molar refractivity (Wildman–Crippen MR) is 54.8 cm³/mol. The molecule has 0 aliphatic carbocycles. The molecule has 4 heteroatoms. The van der Waals surface area contributed by atoms with Crippen molar-refractivity contribution in [3.8, 4) is 0 Å². The van der Waals surface area contributed by atoms with Gasteiger partial charge in [0, 0.05) is 29.8 Å². The van der Waals surface area contributed by atoms with Crippen LogP contribution in [0.4, 0.5) is 10.5 Å². The zero-order valence-corrected chi connectivity index (χ0v) is 7.95. The number of carbonyl (C=O) groups excluding carboxylic acids is 1. The standard InChI is InChI=1S/C10H11N3O/c1-13-5-4-7-6-8(12-10(11)14)2-3-9(7)13/h2-6H,1H3,(H3,11,12,14)/p+1. The van der Waals surface area contributed by atoms with Crippen LogP contribution in [0.2, 0.25) is 0 Å². The molecule has 1 aromatic carbocycles. The first kappa shape index (κ1) is 8.77. The number of nitrogens with zero attached hydrogens (tertiary/aromatic N) is 1. The number of amides is 2. The molecule has 2 rings (SSSR count). The zero-order chi connectivity index (χ0) is 10.1. The monoisotopic (exact) mass is 190 g/mol. The van der Waals surface area contributed by atoms with Gasteiger partial charge < -0.3 is 4.57 Å². The molecule has 1 aromatic heterocycles. The molecule has 0 saturated carbocycles. The van der Waals surface area contributed by atoms with Gasteiger partial charge in [-0.15, -0.1) is 0 Å². The molecule has 0 atom stereocenters. The Morgan fingerprint density at radius 2 is 2.21 bits per heavy atom. The fraction of sp³-hybridized carbons (Fsp3) is 0.100. The number of carbonyl (C=O) groups is 1. The average molecular weight is 190 g/mol. The molecule has 0 spiro atoms. The van der Waals surface area contributed by atoms with Gasteiger partial charge >= 0.3 is 6.03 Å². The summed E-state index contributed by atoms with van der Waals surface area (Å²) < 4.78 is 2.03. The molecule has 2 amide bonds. The molecule has 0 aliphatic rings. The van der Waals surface area contributed by atoms with Gasteiger partial charge in [-0.2, -0.15) is 0 Å². The summed E-state index contributed by atoms with van der Waals surface area (Å²) in [7, 11) is 1.99. The number of anilines is 1. The van der Waals surface area contributed by atoms with Crippen LogP contribution in [0.5, 0.6) is 0 Å². The third-order valence-corrected chi connectivity index (χ3v) is 2.17. The number of hydrogen-bond acceptors (Lipinski definition) is 1. The second kappa shape index (κ2) is 3.16. The van der Waals surface area contributed by atoms with Gasteiger partial charge in [-0.1, -0.05) is 0 Å². The van der Waals surface area contributed by atoms with Gasteiger partial charge in [-0.05, 0) is 24.3 Å². The highest BCUT2D eigenvalue weighted by molar-refractivity contribution is 5.88. The van der Waals surface area contributed by atoms with E-state index >= 15 is 0 Å². The number of rotatable bonds is 1. The van der Waals surface area contributed by atoms with Crippen LogP contribution in [0.3, 0.4) is 0 Å². The van der Waals surface area contributed by atoms with E-state index in [1.54, 1.807) is 0 Å². The van der Waals surface area contributed by atoms with Crippen LogP contribution in [0.25, 0.3) is 10.9 Å². The molecule has 0 aliphatic heterocycles. The zero-order valence-electron chi connectivity index (χ0n) is 7.95. The van der Waals surface area contributed by atoms with Crippen molar-refractivity contribution in [2.24, 2.45) is 7.05 Å². The SMILES string of the molecule is Cn1ccc2cc(NC([NH3+])=O)ccc21. The van der Waals surface area contributed by atoms with E-state index in [1.165, 1.54) is 0 Å². The molecular weight excluding hydrogens is 178 g/mol. The van der Waals surface area contributed by atoms with Crippen molar-refractivity contribution in [3.05, 3.63) is 30.5 Å². The van der Waals surface area contributed by atoms with Crippen LogP contribution in [0.1, 0.15) is 0 Å². The summed E-state index contributed by atoms with van der Waals surface area (Å²) in [6, 6.07) is 7.48. The van der Waals surface area contributed by atoms with E-state index in [-0.39, 0.29) is 6.03 Å². The Labute approximate surface area is 81.3 Å². The summed E-state index contributed by atoms with van der Waals surface area (Å²) in [5.41, 5.74) is 5.19. The number of nitrogens with one attached hydrogen (secondary N) is 1. The lowest BCUT2D eigenvalue weighted by molar-refractivity contribution is -0.242. The molecule has 0 unspecified atom stereocenters. The Morgan fingerprint density at radius 3 is 2.93 bits per heavy atom. The fourth-order valence-electron chi connectivity index (χ4n) is 1.52. The third kappa shape index (κ3) is 1.47. The van der Waals surface area contributed by atoms with Gasteiger partial charge in [-0.25, -0.2) is 4.79 Å². The van der Waals surface area contributed by atoms with Crippen molar-refractivity contribution in [2.45, 2.75) is 0 Å². The number of quaternary nitrogens is 1. The second-order valence-corrected chi connectivity index (χ2v) is 3.25. The van der Waals surface area contributed by atoms with Crippen LogP contribution < -0.4 is 11.1 Å². The van der Waals surface area contributed by atoms with E-state index in [1.807, 2.05) is 42.1 Å². The van der Waals surface area contributed by atoms with E-state index in [0.717, 1.165) is 16.6 Å². The van der Waals surface area contributed by atoms with Crippen LogP contribution in [0, 0.1) is 0 Å². The first-order valence-corrected chi connectivity index (χ1v) is 4.35. The molecule has 72 valence electrons. The van der Waals surface area contributed by atoms with Crippen molar-refractivity contribution in [1.82, 2.24) is 4.57 Å². The number of aromatic nitrogens is 1. The molecule has 0 radical (unpaired) electrons. The highest BCUT2D eigenvalue weighted by atomic mass is 16.2. The van der Waals surface area contributed by atoms with Crippen molar-refractivity contribution in [1.29, 1.82) is 0 Å². The largest absolute Gasteiger partial charge is 0.416 e. The highest BCUT2D eigenvalue weighted by Gasteiger charge is 2.01. The first-order chi connectivity index (χ1) is 6.66. The van der Waals surface area contributed by atoms with Gasteiger partial charge in [0.15, 0.2) is 0 Å². The average Bonchev–Trinajstić information content (AvgIpc) is 2.46. The van der Waals surface area contributed by atoms with E-state index in [4.69, 9.17) is 0 Å². The van der Waals surface area contributed by atoms with Gasteiger partial charge in [-0.3, -0.25) is 11.1 Å². The Balaban J connectivity index is 2.46. The maximum absolute atomic E-state index is 10.7. The van der Waals surface area contributed by atoms with E-state index in [9.17, 15) is 4.79 Å². The fourth-order valence-corrected chi connectivity index (χ4v) is 1.52. The molecule has 4 nitrogen and oxygen atoms in total. The molecule has 0 saturated heterocycles. The van der Waals surface area contributed by atoms with E-state index in [2.05, 4.69) is 11.1 Å². The lowest BCUT2D eigenvalue weighted by atomic mass is 10.2. The predicted octanol–water partition coefficient (Wildman–Crippen LogP) is 0.952. The molecule has 0 fully saturated rings. The Bertz CT molecular complexity index is 487. The third-order valence-electron chi connectivity index (χ3n) is 2.17. The second-order valence-electron chi connectivity index (χ2n) is 3.25. The van der Waals surface area contributed by atoms with Gasteiger partial charge in [0.05, 0.1) is 0 Å². The van der Waals surface area contributed by atoms with E-state index in [0.29, 0.717) is 0 Å². The van der Waals surface area contributed by atoms with Crippen molar-refractivity contribution in [2.75, 3.05) is 5.32 Å². The number of fused-ring (bicyclic) bond motifs is 1.